The normalized spacial score (nSPS) is 19.9. The lowest BCUT2D eigenvalue weighted by molar-refractivity contribution is -0.899. The molecule has 0 bridgehead atoms. The number of hydrogen-bond donors (Lipinski definition) is 1. The van der Waals surface area contributed by atoms with E-state index in [2.05, 4.69) is 6.07 Å². The lowest BCUT2D eigenvalue weighted by Crippen LogP contribution is -3.11. The zero-order chi connectivity index (χ0) is 8.65. The van der Waals surface area contributed by atoms with Crippen molar-refractivity contribution >= 4 is 0 Å². The highest BCUT2D eigenvalue weighted by Crippen LogP contribution is 1.99. The van der Waals surface area contributed by atoms with Crippen LogP contribution in [0.15, 0.2) is 0 Å². The van der Waals surface area contributed by atoms with Crippen LogP contribution in [0, 0.1) is 11.3 Å². The predicted molar refractivity (Wildman–Crippen MR) is 48.9 cm³/mol. The van der Waals surface area contributed by atoms with Crippen LogP contribution < -0.4 is 4.90 Å². The number of nitriles is 1. The molecule has 0 unspecified atom stereocenters. The molecular formula is C10H19N2+. The standard InChI is InChI=1S/C10H18N2/c11-7-3-6-10-12-8-4-1-2-5-9-12/h1-6,8-10H2/p+1. The van der Waals surface area contributed by atoms with Crippen LogP contribution in [0.25, 0.3) is 0 Å². The third kappa shape index (κ3) is 3.73. The summed E-state index contributed by atoms with van der Waals surface area (Å²) >= 11 is 0. The van der Waals surface area contributed by atoms with Crippen LogP contribution in [-0.4, -0.2) is 19.6 Å². The van der Waals surface area contributed by atoms with Gasteiger partial charge in [0.05, 0.1) is 25.7 Å². The quantitative estimate of drug-likeness (QED) is 0.617. The minimum absolute atomic E-state index is 0.740. The molecule has 2 nitrogen and oxygen atoms in total. The highest BCUT2D eigenvalue weighted by molar-refractivity contribution is 4.67. The van der Waals surface area contributed by atoms with Crippen LogP contribution >= 0.6 is 0 Å². The van der Waals surface area contributed by atoms with Crippen molar-refractivity contribution in [2.75, 3.05) is 19.6 Å². The van der Waals surface area contributed by atoms with Crippen LogP contribution in [0.2, 0.25) is 0 Å². The summed E-state index contributed by atoms with van der Waals surface area (Å²) in [6.07, 6.45) is 7.45. The molecule has 0 saturated carbocycles. The zero-order valence-corrected chi connectivity index (χ0v) is 7.81. The molecule has 1 fully saturated rings. The topological polar surface area (TPSA) is 28.2 Å². The molecule has 0 aromatic rings. The molecular weight excluding hydrogens is 148 g/mol. The molecule has 0 spiro atoms. The summed E-state index contributed by atoms with van der Waals surface area (Å²) in [7, 11) is 0. The van der Waals surface area contributed by atoms with Crippen LogP contribution in [0.3, 0.4) is 0 Å². The van der Waals surface area contributed by atoms with Crippen molar-refractivity contribution in [3.63, 3.8) is 0 Å². The van der Waals surface area contributed by atoms with E-state index >= 15 is 0 Å². The highest BCUT2D eigenvalue weighted by atomic mass is 15.1. The van der Waals surface area contributed by atoms with Gasteiger partial charge in [-0.25, -0.2) is 0 Å². The third-order valence-corrected chi connectivity index (χ3v) is 2.63. The lowest BCUT2D eigenvalue weighted by Gasteiger charge is -2.15. The molecule has 0 aliphatic carbocycles. The number of quaternary nitrogens is 1. The maximum absolute atomic E-state index is 8.39. The van der Waals surface area contributed by atoms with Gasteiger partial charge in [-0.3, -0.25) is 0 Å². The van der Waals surface area contributed by atoms with Crippen LogP contribution in [-0.2, 0) is 0 Å². The average molecular weight is 167 g/mol. The largest absolute Gasteiger partial charge is 0.335 e. The third-order valence-electron chi connectivity index (χ3n) is 2.63. The molecule has 68 valence electrons. The summed E-state index contributed by atoms with van der Waals surface area (Å²) in [5.41, 5.74) is 0. The summed E-state index contributed by atoms with van der Waals surface area (Å²) in [6.45, 7) is 3.89. The second-order valence-electron chi connectivity index (χ2n) is 3.68. The van der Waals surface area contributed by atoms with Crippen molar-refractivity contribution in [3.05, 3.63) is 0 Å². The van der Waals surface area contributed by atoms with E-state index in [1.165, 1.54) is 45.3 Å². The molecule has 0 atom stereocenters. The van der Waals surface area contributed by atoms with Gasteiger partial charge >= 0.3 is 0 Å². The summed E-state index contributed by atoms with van der Waals surface area (Å²) in [6, 6.07) is 2.21. The Balaban J connectivity index is 2.08. The monoisotopic (exact) mass is 167 g/mol. The van der Waals surface area contributed by atoms with Gasteiger partial charge in [-0.15, -0.1) is 0 Å². The molecule has 1 heterocycles. The first kappa shape index (κ1) is 9.54. The van der Waals surface area contributed by atoms with E-state index in [1.807, 2.05) is 0 Å². The molecule has 0 amide bonds. The van der Waals surface area contributed by atoms with Crippen molar-refractivity contribution in [2.45, 2.75) is 38.5 Å². The second kappa shape index (κ2) is 6.02. The van der Waals surface area contributed by atoms with E-state index in [1.54, 1.807) is 4.90 Å². The Hall–Kier alpha value is -0.550. The van der Waals surface area contributed by atoms with Crippen LogP contribution in [0.5, 0.6) is 0 Å². The minimum atomic E-state index is 0.740. The molecule has 1 saturated heterocycles. The molecule has 1 N–H and O–H groups in total. The molecule has 2 heteroatoms. The van der Waals surface area contributed by atoms with E-state index in [4.69, 9.17) is 5.26 Å². The van der Waals surface area contributed by atoms with Gasteiger partial charge in [-0.05, 0) is 25.7 Å². The predicted octanol–water partition coefficient (Wildman–Crippen LogP) is 0.749. The van der Waals surface area contributed by atoms with E-state index in [9.17, 15) is 0 Å². The van der Waals surface area contributed by atoms with Crippen molar-refractivity contribution in [1.82, 2.24) is 0 Å². The first-order valence-electron chi connectivity index (χ1n) is 5.14. The van der Waals surface area contributed by atoms with Gasteiger partial charge in [0.1, 0.15) is 0 Å². The molecule has 0 aromatic heterocycles. The van der Waals surface area contributed by atoms with Crippen molar-refractivity contribution in [2.24, 2.45) is 0 Å². The van der Waals surface area contributed by atoms with Gasteiger partial charge in [0.15, 0.2) is 0 Å². The SMILES string of the molecule is N#CCCC[NH+]1CCCCCC1. The smallest absolute Gasteiger partial charge is 0.0780 e. The van der Waals surface area contributed by atoms with E-state index < -0.39 is 0 Å². The van der Waals surface area contributed by atoms with Gasteiger partial charge in [0, 0.05) is 12.8 Å². The Labute approximate surface area is 75.2 Å². The number of unbranched alkanes of at least 4 members (excludes halogenated alkanes) is 1. The average Bonchev–Trinajstić information content (AvgIpc) is 2.33. The first-order chi connectivity index (χ1) is 5.93. The number of nitrogens with one attached hydrogen (secondary N) is 1. The van der Waals surface area contributed by atoms with Crippen LogP contribution in [0.1, 0.15) is 38.5 Å². The molecule has 0 aromatic carbocycles. The fourth-order valence-electron chi connectivity index (χ4n) is 1.90. The van der Waals surface area contributed by atoms with Crippen LogP contribution in [0.4, 0.5) is 0 Å². The Bertz CT molecular complexity index is 140. The second-order valence-corrected chi connectivity index (χ2v) is 3.68. The van der Waals surface area contributed by atoms with E-state index in [0.29, 0.717) is 0 Å². The summed E-state index contributed by atoms with van der Waals surface area (Å²) in [4.78, 5) is 1.72. The van der Waals surface area contributed by atoms with Crippen molar-refractivity contribution < 1.29 is 4.90 Å². The van der Waals surface area contributed by atoms with E-state index in [0.717, 1.165) is 12.8 Å². The minimum Gasteiger partial charge on any atom is -0.335 e. The van der Waals surface area contributed by atoms with Gasteiger partial charge in [0.25, 0.3) is 0 Å². The molecule has 1 aliphatic heterocycles. The Morgan fingerprint density at radius 1 is 1.08 bits per heavy atom. The van der Waals surface area contributed by atoms with Gasteiger partial charge < -0.3 is 4.90 Å². The molecule has 1 rings (SSSR count). The fraction of sp³-hybridized carbons (Fsp3) is 0.900. The Morgan fingerprint density at radius 2 is 1.75 bits per heavy atom. The number of nitrogens with zero attached hydrogens (tertiary/aromatic N) is 1. The number of likely N-dealkylation sites (tertiary alicyclic amines) is 1. The highest BCUT2D eigenvalue weighted by Gasteiger charge is 2.10. The number of hydrogen-bond acceptors (Lipinski definition) is 1. The molecule has 1 aliphatic rings. The summed E-state index contributed by atoms with van der Waals surface area (Å²) in [5, 5.41) is 8.39. The van der Waals surface area contributed by atoms with Gasteiger partial charge in [-0.2, -0.15) is 5.26 Å². The summed E-state index contributed by atoms with van der Waals surface area (Å²) < 4.78 is 0. The van der Waals surface area contributed by atoms with Crippen molar-refractivity contribution in [3.8, 4) is 6.07 Å². The zero-order valence-electron chi connectivity index (χ0n) is 7.81. The first-order valence-corrected chi connectivity index (χ1v) is 5.14. The maximum Gasteiger partial charge on any atom is 0.0780 e. The molecule has 0 radical (unpaired) electrons. The Kier molecular flexibility index (Phi) is 4.79. The lowest BCUT2D eigenvalue weighted by atomic mass is 10.2. The van der Waals surface area contributed by atoms with Crippen molar-refractivity contribution in [1.29, 1.82) is 5.26 Å². The van der Waals surface area contributed by atoms with Gasteiger partial charge in [0.2, 0.25) is 0 Å². The van der Waals surface area contributed by atoms with E-state index in [-0.39, 0.29) is 0 Å². The fourth-order valence-corrected chi connectivity index (χ4v) is 1.90. The van der Waals surface area contributed by atoms with Gasteiger partial charge in [-0.1, -0.05) is 0 Å². The number of rotatable bonds is 3. The Morgan fingerprint density at radius 3 is 2.33 bits per heavy atom. The maximum atomic E-state index is 8.39. The molecule has 12 heavy (non-hydrogen) atoms. The summed E-state index contributed by atoms with van der Waals surface area (Å²) in [5.74, 6) is 0.